The lowest BCUT2D eigenvalue weighted by atomic mass is 10.1. The Morgan fingerprint density at radius 3 is 2.58 bits per heavy atom. The van der Waals surface area contributed by atoms with Gasteiger partial charge in [0.2, 0.25) is 0 Å². The van der Waals surface area contributed by atoms with Gasteiger partial charge in [0.1, 0.15) is 18.5 Å². The monoisotopic (exact) mass is 521 g/mol. The molecule has 0 aliphatic heterocycles. The summed E-state index contributed by atoms with van der Waals surface area (Å²) < 4.78 is 12.3. The van der Waals surface area contributed by atoms with E-state index in [1.54, 1.807) is 13.2 Å². The van der Waals surface area contributed by atoms with Crippen LogP contribution in [0.3, 0.4) is 0 Å². The Morgan fingerprint density at radius 1 is 1.15 bits per heavy atom. The summed E-state index contributed by atoms with van der Waals surface area (Å²) in [5.74, 6) is 1.66. The van der Waals surface area contributed by atoms with E-state index in [0.717, 1.165) is 32.2 Å². The highest BCUT2D eigenvalue weighted by atomic mass is 79.9. The first-order valence-corrected chi connectivity index (χ1v) is 11.4. The number of ether oxygens (including phenoxy) is 2. The maximum atomic E-state index is 9.80. The zero-order chi connectivity index (χ0) is 23.5. The van der Waals surface area contributed by atoms with Gasteiger partial charge in [0.25, 0.3) is 0 Å². The smallest absolute Gasteiger partial charge is 0.175 e. The molecular formula is C26H21BrClN3O2. The summed E-state index contributed by atoms with van der Waals surface area (Å²) in [6.07, 6.45) is 1.77. The second-order valence-corrected chi connectivity index (χ2v) is 8.95. The molecule has 0 spiro atoms. The van der Waals surface area contributed by atoms with Gasteiger partial charge in [0.15, 0.2) is 11.5 Å². The Morgan fingerprint density at radius 2 is 1.88 bits per heavy atom. The number of methoxy groups -OCH3 is 1. The molecule has 7 heteroatoms. The molecule has 5 nitrogen and oxygen atoms in total. The number of aromatic amines is 1. The number of hydrogen-bond acceptors (Lipinski definition) is 4. The average molecular weight is 523 g/mol. The van der Waals surface area contributed by atoms with Crippen molar-refractivity contribution in [1.82, 2.24) is 9.97 Å². The number of benzene rings is 3. The number of imidazole rings is 1. The highest BCUT2D eigenvalue weighted by Gasteiger charge is 2.14. The van der Waals surface area contributed by atoms with Crippen LogP contribution in [0.15, 0.2) is 53.0 Å². The zero-order valence-corrected chi connectivity index (χ0v) is 20.7. The molecule has 3 aromatic carbocycles. The van der Waals surface area contributed by atoms with Crippen LogP contribution in [0.4, 0.5) is 0 Å². The van der Waals surface area contributed by atoms with Gasteiger partial charge in [0.05, 0.1) is 28.2 Å². The predicted octanol–water partition coefficient (Wildman–Crippen LogP) is 7.25. The minimum atomic E-state index is 0.364. The molecule has 0 fully saturated rings. The van der Waals surface area contributed by atoms with Crippen LogP contribution in [-0.4, -0.2) is 17.1 Å². The van der Waals surface area contributed by atoms with E-state index in [1.807, 2.05) is 55.5 Å². The number of halogens is 2. The van der Waals surface area contributed by atoms with Crippen molar-refractivity contribution in [3.05, 3.63) is 86.1 Å². The summed E-state index contributed by atoms with van der Waals surface area (Å²) in [6.45, 7) is 4.46. The van der Waals surface area contributed by atoms with Gasteiger partial charge < -0.3 is 14.5 Å². The molecule has 33 heavy (non-hydrogen) atoms. The summed E-state index contributed by atoms with van der Waals surface area (Å²) in [7, 11) is 1.58. The fourth-order valence-corrected chi connectivity index (χ4v) is 4.12. The predicted molar refractivity (Wildman–Crippen MR) is 136 cm³/mol. The lowest BCUT2D eigenvalue weighted by molar-refractivity contribution is 0.282. The van der Waals surface area contributed by atoms with Crippen LogP contribution in [0.2, 0.25) is 5.02 Å². The molecule has 0 amide bonds. The molecule has 0 saturated carbocycles. The Hall–Kier alpha value is -3.27. The first-order chi connectivity index (χ1) is 15.9. The van der Waals surface area contributed by atoms with Crippen LogP contribution in [0.1, 0.15) is 28.1 Å². The lowest BCUT2D eigenvalue weighted by Crippen LogP contribution is -1.99. The fourth-order valence-electron chi connectivity index (χ4n) is 3.42. The van der Waals surface area contributed by atoms with Gasteiger partial charge in [0, 0.05) is 5.02 Å². The minimum absolute atomic E-state index is 0.364. The Labute approximate surface area is 205 Å². The van der Waals surface area contributed by atoms with Gasteiger partial charge in [-0.2, -0.15) is 5.26 Å². The fraction of sp³-hybridized carbons (Fsp3) is 0.154. The molecule has 1 N–H and O–H groups in total. The van der Waals surface area contributed by atoms with Crippen molar-refractivity contribution in [2.24, 2.45) is 0 Å². The maximum Gasteiger partial charge on any atom is 0.175 e. The molecule has 1 heterocycles. The van der Waals surface area contributed by atoms with Crippen LogP contribution < -0.4 is 9.47 Å². The summed E-state index contributed by atoms with van der Waals surface area (Å²) in [6, 6.07) is 17.5. The highest BCUT2D eigenvalue weighted by molar-refractivity contribution is 9.10. The van der Waals surface area contributed by atoms with E-state index < -0.39 is 0 Å². The van der Waals surface area contributed by atoms with Crippen molar-refractivity contribution in [2.75, 3.05) is 7.11 Å². The standard InChI is InChI=1S/C26H21BrClN3O2/c1-15-8-22-23(9-16(15)2)31-26(30-22)19(13-29)10-18-11-21(27)25(24(12-18)32-3)33-14-17-4-6-20(28)7-5-17/h4-12H,14H2,1-3H3,(H,30,31)/b19-10+. The number of aryl methyl sites for hydroxylation is 2. The molecule has 4 rings (SSSR count). The van der Waals surface area contributed by atoms with E-state index in [1.165, 1.54) is 5.56 Å². The van der Waals surface area contributed by atoms with Crippen LogP contribution in [0.5, 0.6) is 11.5 Å². The molecule has 0 bridgehead atoms. The molecule has 0 saturated heterocycles. The minimum Gasteiger partial charge on any atom is -0.493 e. The first kappa shape index (κ1) is 22.9. The third-order valence-electron chi connectivity index (χ3n) is 5.33. The van der Waals surface area contributed by atoms with Crippen molar-refractivity contribution in [3.8, 4) is 17.6 Å². The number of nitriles is 1. The first-order valence-electron chi connectivity index (χ1n) is 10.2. The van der Waals surface area contributed by atoms with E-state index in [2.05, 4.69) is 38.9 Å². The molecule has 0 aliphatic rings. The summed E-state index contributed by atoms with van der Waals surface area (Å²) >= 11 is 9.52. The van der Waals surface area contributed by atoms with Gasteiger partial charge in [-0.1, -0.05) is 23.7 Å². The Balaban J connectivity index is 1.64. The Bertz CT molecular complexity index is 1360. The van der Waals surface area contributed by atoms with Crippen molar-refractivity contribution in [1.29, 1.82) is 5.26 Å². The van der Waals surface area contributed by atoms with Gasteiger partial charge in [-0.25, -0.2) is 4.98 Å². The SMILES string of the molecule is COc1cc(/C=C(\C#N)c2nc3cc(C)c(C)cc3[nH]2)cc(Br)c1OCc1ccc(Cl)cc1. The normalized spacial score (nSPS) is 11.5. The second kappa shape index (κ2) is 9.70. The van der Waals surface area contributed by atoms with Crippen LogP contribution >= 0.6 is 27.5 Å². The largest absolute Gasteiger partial charge is 0.493 e. The van der Waals surface area contributed by atoms with E-state index in [0.29, 0.717) is 34.5 Å². The van der Waals surface area contributed by atoms with Crippen molar-refractivity contribution < 1.29 is 9.47 Å². The number of H-pyrrole nitrogens is 1. The number of rotatable bonds is 6. The number of nitrogens with zero attached hydrogens (tertiary/aromatic N) is 2. The maximum absolute atomic E-state index is 9.80. The number of allylic oxidation sites excluding steroid dienone is 1. The molecule has 0 radical (unpaired) electrons. The zero-order valence-electron chi connectivity index (χ0n) is 18.4. The summed E-state index contributed by atoms with van der Waals surface area (Å²) in [5, 5.41) is 10.5. The topological polar surface area (TPSA) is 70.9 Å². The average Bonchev–Trinajstić information content (AvgIpc) is 3.20. The van der Waals surface area contributed by atoms with Crippen molar-refractivity contribution >= 4 is 50.2 Å². The molecule has 0 aliphatic carbocycles. The molecule has 166 valence electrons. The van der Waals surface area contributed by atoms with E-state index in [-0.39, 0.29) is 0 Å². The lowest BCUT2D eigenvalue weighted by Gasteiger charge is -2.14. The number of nitrogens with one attached hydrogen (secondary N) is 1. The number of fused-ring (bicyclic) bond motifs is 1. The number of aromatic nitrogens is 2. The molecule has 0 atom stereocenters. The van der Waals surface area contributed by atoms with Gasteiger partial charge in [-0.3, -0.25) is 0 Å². The van der Waals surface area contributed by atoms with Crippen LogP contribution in [0, 0.1) is 25.2 Å². The Kier molecular flexibility index (Phi) is 6.73. The molecule has 0 unspecified atom stereocenters. The third-order valence-corrected chi connectivity index (χ3v) is 6.17. The summed E-state index contributed by atoms with van der Waals surface area (Å²) in [4.78, 5) is 7.86. The van der Waals surface area contributed by atoms with Crippen molar-refractivity contribution in [2.45, 2.75) is 20.5 Å². The second-order valence-electron chi connectivity index (χ2n) is 7.66. The van der Waals surface area contributed by atoms with Gasteiger partial charge >= 0.3 is 0 Å². The third kappa shape index (κ3) is 5.05. The van der Waals surface area contributed by atoms with Gasteiger partial charge in [-0.05, 0) is 94.5 Å². The quantitative estimate of drug-likeness (QED) is 0.271. The molecule has 1 aromatic heterocycles. The van der Waals surface area contributed by atoms with Crippen LogP contribution in [-0.2, 0) is 6.61 Å². The summed E-state index contributed by atoms with van der Waals surface area (Å²) in [5.41, 5.74) is 6.25. The molecule has 4 aromatic rings. The number of hydrogen-bond donors (Lipinski definition) is 1. The van der Waals surface area contributed by atoms with Crippen LogP contribution in [0.25, 0.3) is 22.7 Å². The van der Waals surface area contributed by atoms with E-state index in [9.17, 15) is 5.26 Å². The van der Waals surface area contributed by atoms with E-state index >= 15 is 0 Å². The van der Waals surface area contributed by atoms with Gasteiger partial charge in [-0.15, -0.1) is 0 Å². The van der Waals surface area contributed by atoms with Crippen molar-refractivity contribution in [3.63, 3.8) is 0 Å². The highest BCUT2D eigenvalue weighted by Crippen LogP contribution is 2.38. The van der Waals surface area contributed by atoms with E-state index in [4.69, 9.17) is 21.1 Å². The molecular weight excluding hydrogens is 502 g/mol.